The second-order valence-electron chi connectivity index (χ2n) is 5.30. The summed E-state index contributed by atoms with van der Waals surface area (Å²) in [5, 5.41) is 14.8. The zero-order valence-electron chi connectivity index (χ0n) is 13.6. The summed E-state index contributed by atoms with van der Waals surface area (Å²) in [6.45, 7) is -0.153. The number of amides is 1. The summed E-state index contributed by atoms with van der Waals surface area (Å²) in [4.78, 5) is 11.9. The van der Waals surface area contributed by atoms with Crippen molar-refractivity contribution in [3.63, 3.8) is 0 Å². The number of carbonyl (C=O) groups is 1. The number of anilines is 1. The van der Waals surface area contributed by atoms with E-state index in [1.165, 1.54) is 12.3 Å². The first-order valence-corrected chi connectivity index (χ1v) is 8.18. The highest BCUT2D eigenvalue weighted by atomic mass is 32.1. The van der Waals surface area contributed by atoms with E-state index in [0.29, 0.717) is 23.0 Å². The maximum absolute atomic E-state index is 11.9. The number of rotatable bonds is 5. The van der Waals surface area contributed by atoms with Crippen LogP contribution in [0.1, 0.15) is 11.5 Å². The fourth-order valence-corrected chi connectivity index (χ4v) is 2.45. The molecule has 0 unspecified atom stereocenters. The fourth-order valence-electron chi connectivity index (χ4n) is 2.23. The molecule has 3 N–H and O–H groups in total. The molecule has 2 heterocycles. The summed E-state index contributed by atoms with van der Waals surface area (Å²) in [6.07, 6.45) is 4.41. The quantitative estimate of drug-likeness (QED) is 0.471. The first kappa shape index (κ1) is 17.7. The maximum atomic E-state index is 11.9. The molecule has 0 aliphatic heterocycles. The first-order valence-electron chi connectivity index (χ1n) is 7.77. The van der Waals surface area contributed by atoms with Crippen LogP contribution in [0.4, 0.5) is 5.69 Å². The smallest absolute Gasteiger partial charge is 0.250 e. The van der Waals surface area contributed by atoms with Crippen molar-refractivity contribution < 1.29 is 18.7 Å². The average molecular weight is 368 g/mol. The van der Waals surface area contributed by atoms with Crippen LogP contribution >= 0.6 is 12.2 Å². The third-order valence-electron chi connectivity index (χ3n) is 3.40. The zero-order chi connectivity index (χ0) is 18.4. The van der Waals surface area contributed by atoms with E-state index in [2.05, 4.69) is 10.6 Å². The Morgan fingerprint density at radius 2 is 2.08 bits per heavy atom. The molecule has 7 heteroatoms. The summed E-state index contributed by atoms with van der Waals surface area (Å²) in [6, 6.07) is 14.3. The molecule has 0 saturated carbocycles. The Morgan fingerprint density at radius 3 is 2.81 bits per heavy atom. The molecular weight excluding hydrogens is 352 g/mol. The van der Waals surface area contributed by atoms with Gasteiger partial charge in [-0.2, -0.15) is 0 Å². The van der Waals surface area contributed by atoms with E-state index in [9.17, 15) is 4.79 Å². The molecule has 2 aromatic heterocycles. The maximum Gasteiger partial charge on any atom is 0.250 e. The second kappa shape index (κ2) is 8.28. The highest BCUT2D eigenvalue weighted by Gasteiger charge is 2.07. The topological polar surface area (TPSA) is 87.6 Å². The molecule has 0 fully saturated rings. The predicted octanol–water partition coefficient (Wildman–Crippen LogP) is 3.56. The standard InChI is InChI=1S/C19H16N2O4S/c22-12-16-6-8-17(25-16)13-3-1-4-14(11-13)20-19(26)21-18(23)9-7-15-5-2-10-24-15/h1-11,22H,12H2,(H2,20,21,23,26). The number of furan rings is 2. The minimum Gasteiger partial charge on any atom is -0.465 e. The van der Waals surface area contributed by atoms with Gasteiger partial charge in [-0.05, 0) is 54.7 Å². The van der Waals surface area contributed by atoms with E-state index >= 15 is 0 Å². The van der Waals surface area contributed by atoms with Gasteiger partial charge in [0.1, 0.15) is 23.9 Å². The van der Waals surface area contributed by atoms with Crippen molar-refractivity contribution in [3.8, 4) is 11.3 Å². The highest BCUT2D eigenvalue weighted by molar-refractivity contribution is 7.80. The largest absolute Gasteiger partial charge is 0.465 e. The van der Waals surface area contributed by atoms with Crippen LogP contribution in [-0.2, 0) is 11.4 Å². The van der Waals surface area contributed by atoms with E-state index < -0.39 is 0 Å². The molecule has 3 rings (SSSR count). The lowest BCUT2D eigenvalue weighted by molar-refractivity contribution is -0.115. The van der Waals surface area contributed by atoms with Crippen LogP contribution in [0.3, 0.4) is 0 Å². The lowest BCUT2D eigenvalue weighted by Crippen LogP contribution is -2.32. The number of aliphatic hydroxyl groups is 1. The highest BCUT2D eigenvalue weighted by Crippen LogP contribution is 2.24. The molecule has 0 aliphatic carbocycles. The summed E-state index contributed by atoms with van der Waals surface area (Å²) in [5.41, 5.74) is 1.52. The predicted molar refractivity (Wildman–Crippen MR) is 102 cm³/mol. The Balaban J connectivity index is 1.60. The molecule has 1 amide bonds. The van der Waals surface area contributed by atoms with Crippen LogP contribution in [0.5, 0.6) is 0 Å². The number of hydrogen-bond acceptors (Lipinski definition) is 5. The van der Waals surface area contributed by atoms with Crippen molar-refractivity contribution in [1.82, 2.24) is 5.32 Å². The van der Waals surface area contributed by atoms with Crippen LogP contribution in [0.15, 0.2) is 69.7 Å². The summed E-state index contributed by atoms with van der Waals surface area (Å²) < 4.78 is 10.6. The van der Waals surface area contributed by atoms with Gasteiger partial charge in [-0.15, -0.1) is 0 Å². The van der Waals surface area contributed by atoms with Crippen molar-refractivity contribution in [2.45, 2.75) is 6.61 Å². The molecule has 0 bridgehead atoms. The number of nitrogens with one attached hydrogen (secondary N) is 2. The number of thiocarbonyl (C=S) groups is 1. The van der Waals surface area contributed by atoms with Crippen LogP contribution in [-0.4, -0.2) is 16.1 Å². The molecule has 1 aromatic carbocycles. The monoisotopic (exact) mass is 368 g/mol. The number of aliphatic hydroxyl groups excluding tert-OH is 1. The van der Waals surface area contributed by atoms with Gasteiger partial charge in [0, 0.05) is 17.3 Å². The lowest BCUT2D eigenvalue weighted by atomic mass is 10.1. The van der Waals surface area contributed by atoms with E-state index in [-0.39, 0.29) is 17.6 Å². The Bertz CT molecular complexity index is 929. The van der Waals surface area contributed by atoms with Gasteiger partial charge in [-0.1, -0.05) is 12.1 Å². The van der Waals surface area contributed by atoms with Gasteiger partial charge < -0.3 is 19.3 Å². The van der Waals surface area contributed by atoms with Crippen molar-refractivity contribution in [2.24, 2.45) is 0 Å². The fraction of sp³-hybridized carbons (Fsp3) is 0.0526. The molecule has 0 saturated heterocycles. The third kappa shape index (κ3) is 4.69. The molecular formula is C19H16N2O4S. The second-order valence-corrected chi connectivity index (χ2v) is 5.71. The molecule has 132 valence electrons. The average Bonchev–Trinajstić information content (AvgIpc) is 3.31. The minimum atomic E-state index is -0.367. The van der Waals surface area contributed by atoms with Crippen LogP contribution in [0.2, 0.25) is 0 Å². The van der Waals surface area contributed by atoms with Crippen LogP contribution in [0.25, 0.3) is 17.4 Å². The van der Waals surface area contributed by atoms with Gasteiger partial charge in [0.15, 0.2) is 5.11 Å². The zero-order valence-corrected chi connectivity index (χ0v) is 14.5. The SMILES string of the molecule is O=C(C=Cc1ccco1)NC(=S)Nc1cccc(-c2ccc(CO)o2)c1. The van der Waals surface area contributed by atoms with Gasteiger partial charge in [0.05, 0.1) is 6.26 Å². The first-order chi connectivity index (χ1) is 12.6. The normalized spacial score (nSPS) is 10.8. The van der Waals surface area contributed by atoms with Gasteiger partial charge in [-0.25, -0.2) is 0 Å². The molecule has 0 atom stereocenters. The van der Waals surface area contributed by atoms with Gasteiger partial charge >= 0.3 is 0 Å². The van der Waals surface area contributed by atoms with E-state index in [1.807, 2.05) is 24.3 Å². The Morgan fingerprint density at radius 1 is 1.19 bits per heavy atom. The van der Waals surface area contributed by atoms with Crippen molar-refractivity contribution in [1.29, 1.82) is 0 Å². The molecule has 3 aromatic rings. The Kier molecular flexibility index (Phi) is 5.62. The number of carbonyl (C=O) groups excluding carboxylic acids is 1. The molecule has 0 spiro atoms. The summed E-state index contributed by atoms with van der Waals surface area (Å²) >= 11 is 5.15. The number of benzene rings is 1. The van der Waals surface area contributed by atoms with Gasteiger partial charge in [-0.3, -0.25) is 10.1 Å². The number of hydrogen-bond donors (Lipinski definition) is 3. The van der Waals surface area contributed by atoms with E-state index in [1.54, 1.807) is 30.3 Å². The van der Waals surface area contributed by atoms with Crippen LogP contribution in [0, 0.1) is 0 Å². The molecule has 0 aliphatic rings. The Labute approximate surface area is 155 Å². The minimum absolute atomic E-state index is 0.153. The van der Waals surface area contributed by atoms with Gasteiger partial charge in [0.2, 0.25) is 5.91 Å². The van der Waals surface area contributed by atoms with Crippen molar-refractivity contribution in [3.05, 3.63) is 72.4 Å². The third-order valence-corrected chi connectivity index (χ3v) is 3.61. The van der Waals surface area contributed by atoms with Crippen LogP contribution < -0.4 is 10.6 Å². The van der Waals surface area contributed by atoms with Gasteiger partial charge in [0.25, 0.3) is 0 Å². The van der Waals surface area contributed by atoms with Crippen molar-refractivity contribution >= 4 is 35.0 Å². The summed E-state index contributed by atoms with van der Waals surface area (Å²) in [5.74, 6) is 1.33. The Hall–Kier alpha value is -3.16. The molecule has 0 radical (unpaired) electrons. The van der Waals surface area contributed by atoms with E-state index in [4.69, 9.17) is 26.2 Å². The molecule has 26 heavy (non-hydrogen) atoms. The van der Waals surface area contributed by atoms with E-state index in [0.717, 1.165) is 5.56 Å². The molecule has 6 nitrogen and oxygen atoms in total. The summed E-state index contributed by atoms with van der Waals surface area (Å²) in [7, 11) is 0. The lowest BCUT2D eigenvalue weighted by Gasteiger charge is -2.09. The van der Waals surface area contributed by atoms with Crippen molar-refractivity contribution in [2.75, 3.05) is 5.32 Å².